The zero-order chi connectivity index (χ0) is 14.3. The van der Waals surface area contributed by atoms with Gasteiger partial charge in [0, 0.05) is 12.6 Å². The van der Waals surface area contributed by atoms with Gasteiger partial charge in [0.1, 0.15) is 11.6 Å². The van der Waals surface area contributed by atoms with Crippen LogP contribution in [0.1, 0.15) is 36.5 Å². The second-order valence-electron chi connectivity index (χ2n) is 4.60. The third-order valence-corrected chi connectivity index (χ3v) is 3.03. The fourth-order valence-electron chi connectivity index (χ4n) is 2.02. The molecule has 1 amide bonds. The van der Waals surface area contributed by atoms with Crippen LogP contribution in [0.4, 0.5) is 4.39 Å². The lowest BCUT2D eigenvalue weighted by atomic mass is 9.99. The van der Waals surface area contributed by atoms with Crippen molar-refractivity contribution in [3.63, 3.8) is 0 Å². The van der Waals surface area contributed by atoms with Crippen molar-refractivity contribution in [3.05, 3.63) is 29.6 Å². The molecule has 5 heteroatoms. The van der Waals surface area contributed by atoms with Gasteiger partial charge in [-0.05, 0) is 37.4 Å². The number of nitrogens with one attached hydrogen (secondary N) is 1. The molecule has 0 aliphatic carbocycles. The van der Waals surface area contributed by atoms with E-state index in [-0.39, 0.29) is 11.3 Å². The number of carbonyl (C=O) groups is 1. The maximum atomic E-state index is 12.8. The van der Waals surface area contributed by atoms with E-state index < -0.39 is 11.7 Å². The minimum absolute atomic E-state index is 0.0874. The average molecular weight is 268 g/mol. The van der Waals surface area contributed by atoms with E-state index in [4.69, 9.17) is 5.73 Å². The summed E-state index contributed by atoms with van der Waals surface area (Å²) in [5.74, 6) is -0.971. The summed E-state index contributed by atoms with van der Waals surface area (Å²) < 4.78 is 12.8. The molecule has 0 radical (unpaired) electrons. The first kappa shape index (κ1) is 15.4. The number of phenolic OH excluding ortho intramolecular Hbond substituents is 1. The first-order chi connectivity index (χ1) is 9.08. The van der Waals surface area contributed by atoms with Gasteiger partial charge in [0.15, 0.2) is 0 Å². The number of phenols is 1. The van der Waals surface area contributed by atoms with Crippen molar-refractivity contribution >= 4 is 5.91 Å². The Morgan fingerprint density at radius 1 is 1.47 bits per heavy atom. The van der Waals surface area contributed by atoms with E-state index in [1.54, 1.807) is 0 Å². The van der Waals surface area contributed by atoms with E-state index in [2.05, 4.69) is 12.2 Å². The molecule has 0 saturated heterocycles. The van der Waals surface area contributed by atoms with Crippen molar-refractivity contribution in [2.75, 3.05) is 13.1 Å². The molecule has 1 aromatic rings. The third-order valence-electron chi connectivity index (χ3n) is 3.03. The lowest BCUT2D eigenvalue weighted by Crippen LogP contribution is -2.30. The summed E-state index contributed by atoms with van der Waals surface area (Å²) in [5.41, 5.74) is 5.61. The normalized spacial score (nSPS) is 12.2. The number of amides is 1. The molecule has 106 valence electrons. The molecule has 1 rings (SSSR count). The van der Waals surface area contributed by atoms with E-state index in [0.717, 1.165) is 31.4 Å². The molecule has 19 heavy (non-hydrogen) atoms. The number of carbonyl (C=O) groups excluding carboxylic acids is 1. The smallest absolute Gasteiger partial charge is 0.255 e. The molecule has 0 aliphatic heterocycles. The monoisotopic (exact) mass is 268 g/mol. The van der Waals surface area contributed by atoms with Crippen LogP contribution in [0.3, 0.4) is 0 Å². The van der Waals surface area contributed by atoms with Gasteiger partial charge in [-0.2, -0.15) is 0 Å². The molecule has 0 saturated carbocycles. The van der Waals surface area contributed by atoms with Crippen LogP contribution in [0.25, 0.3) is 0 Å². The molecule has 0 fully saturated rings. The average Bonchev–Trinajstić information content (AvgIpc) is 2.36. The van der Waals surface area contributed by atoms with Crippen molar-refractivity contribution in [3.8, 4) is 5.75 Å². The highest BCUT2D eigenvalue weighted by atomic mass is 19.1. The molecule has 0 spiro atoms. The van der Waals surface area contributed by atoms with Crippen LogP contribution in [0.5, 0.6) is 5.75 Å². The highest BCUT2D eigenvalue weighted by Gasteiger charge is 2.14. The van der Waals surface area contributed by atoms with Gasteiger partial charge in [-0.1, -0.05) is 13.3 Å². The summed E-state index contributed by atoms with van der Waals surface area (Å²) in [6, 6.07) is 3.36. The van der Waals surface area contributed by atoms with E-state index in [1.807, 2.05) is 0 Å². The fraction of sp³-hybridized carbons (Fsp3) is 0.500. The Hall–Kier alpha value is -1.62. The number of rotatable bonds is 7. The van der Waals surface area contributed by atoms with Crippen LogP contribution >= 0.6 is 0 Å². The third kappa shape index (κ3) is 4.87. The molecular weight excluding hydrogens is 247 g/mol. The quantitative estimate of drug-likeness (QED) is 0.708. The highest BCUT2D eigenvalue weighted by Crippen LogP contribution is 2.18. The summed E-state index contributed by atoms with van der Waals surface area (Å²) in [5, 5.41) is 12.3. The SMILES string of the molecule is CCCC(CCN)CNC(=O)c1ccc(F)cc1O. The number of hydrogen-bond donors (Lipinski definition) is 3. The Labute approximate surface area is 112 Å². The van der Waals surface area contributed by atoms with Crippen molar-refractivity contribution < 1.29 is 14.3 Å². The summed E-state index contributed by atoms with van der Waals surface area (Å²) in [6.45, 7) is 3.18. The van der Waals surface area contributed by atoms with E-state index >= 15 is 0 Å². The lowest BCUT2D eigenvalue weighted by Gasteiger charge is -2.16. The Kier molecular flexibility index (Phi) is 6.29. The van der Waals surface area contributed by atoms with Gasteiger partial charge in [-0.15, -0.1) is 0 Å². The molecule has 1 aromatic carbocycles. The molecule has 4 N–H and O–H groups in total. The summed E-state index contributed by atoms with van der Waals surface area (Å²) >= 11 is 0. The van der Waals surface area contributed by atoms with Gasteiger partial charge in [-0.25, -0.2) is 4.39 Å². The van der Waals surface area contributed by atoms with Gasteiger partial charge < -0.3 is 16.2 Å². The number of halogens is 1. The molecule has 0 heterocycles. The maximum absolute atomic E-state index is 12.8. The van der Waals surface area contributed by atoms with Crippen LogP contribution in [0.15, 0.2) is 18.2 Å². The van der Waals surface area contributed by atoms with Crippen LogP contribution in [-0.2, 0) is 0 Å². The van der Waals surface area contributed by atoms with Crippen molar-refractivity contribution in [1.29, 1.82) is 0 Å². The van der Waals surface area contributed by atoms with Crippen LogP contribution < -0.4 is 11.1 Å². The van der Waals surface area contributed by atoms with Crippen LogP contribution in [0, 0.1) is 11.7 Å². The predicted molar refractivity (Wildman–Crippen MR) is 72.5 cm³/mol. The van der Waals surface area contributed by atoms with Gasteiger partial charge in [0.2, 0.25) is 0 Å². The highest BCUT2D eigenvalue weighted by molar-refractivity contribution is 5.96. The lowest BCUT2D eigenvalue weighted by molar-refractivity contribution is 0.0943. The van der Waals surface area contributed by atoms with Crippen molar-refractivity contribution in [2.24, 2.45) is 11.7 Å². The largest absolute Gasteiger partial charge is 0.507 e. The zero-order valence-corrected chi connectivity index (χ0v) is 11.2. The van der Waals surface area contributed by atoms with E-state index in [1.165, 1.54) is 6.07 Å². The molecule has 0 aliphatic rings. The Morgan fingerprint density at radius 2 is 2.21 bits per heavy atom. The van der Waals surface area contributed by atoms with Crippen molar-refractivity contribution in [1.82, 2.24) is 5.32 Å². The maximum Gasteiger partial charge on any atom is 0.255 e. The minimum Gasteiger partial charge on any atom is -0.507 e. The summed E-state index contributed by atoms with van der Waals surface area (Å²) in [6.07, 6.45) is 2.87. The number of hydrogen-bond acceptors (Lipinski definition) is 3. The summed E-state index contributed by atoms with van der Waals surface area (Å²) in [7, 11) is 0. The molecule has 4 nitrogen and oxygen atoms in total. The second kappa shape index (κ2) is 7.74. The number of aromatic hydroxyl groups is 1. The second-order valence-corrected chi connectivity index (χ2v) is 4.60. The Morgan fingerprint density at radius 3 is 2.79 bits per heavy atom. The first-order valence-corrected chi connectivity index (χ1v) is 6.55. The molecule has 0 aromatic heterocycles. The van der Waals surface area contributed by atoms with Crippen molar-refractivity contribution in [2.45, 2.75) is 26.2 Å². The minimum atomic E-state index is -0.568. The van der Waals surface area contributed by atoms with Gasteiger partial charge in [-0.3, -0.25) is 4.79 Å². The van der Waals surface area contributed by atoms with Gasteiger partial charge in [0.25, 0.3) is 5.91 Å². The van der Waals surface area contributed by atoms with Crippen LogP contribution in [0.2, 0.25) is 0 Å². The fourth-order valence-corrected chi connectivity index (χ4v) is 2.02. The van der Waals surface area contributed by atoms with Crippen LogP contribution in [-0.4, -0.2) is 24.1 Å². The summed E-state index contributed by atoms with van der Waals surface area (Å²) in [4.78, 5) is 11.9. The van der Waals surface area contributed by atoms with Gasteiger partial charge >= 0.3 is 0 Å². The topological polar surface area (TPSA) is 75.3 Å². The number of nitrogens with two attached hydrogens (primary N) is 1. The molecular formula is C14H21FN2O2. The van der Waals surface area contributed by atoms with E-state index in [0.29, 0.717) is 19.0 Å². The van der Waals surface area contributed by atoms with E-state index in [9.17, 15) is 14.3 Å². The Bertz CT molecular complexity index is 418. The molecule has 1 unspecified atom stereocenters. The zero-order valence-electron chi connectivity index (χ0n) is 11.2. The standard InChI is InChI=1S/C14H21FN2O2/c1-2-3-10(6-7-16)9-17-14(19)12-5-4-11(15)8-13(12)18/h4-5,8,10,18H,2-3,6-7,9,16H2,1H3,(H,17,19). The first-order valence-electron chi connectivity index (χ1n) is 6.55. The van der Waals surface area contributed by atoms with Gasteiger partial charge in [0.05, 0.1) is 5.56 Å². The molecule has 0 bridgehead atoms. The number of benzene rings is 1. The molecule has 1 atom stereocenters. The Balaban J connectivity index is 2.58. The predicted octanol–water partition coefficient (Wildman–Crippen LogP) is 2.03.